The second-order valence-corrected chi connectivity index (χ2v) is 7.15. The zero-order chi connectivity index (χ0) is 17.0. The molecule has 5 rings (SSSR count). The van der Waals surface area contributed by atoms with Gasteiger partial charge in [-0.1, -0.05) is 52.3 Å². The molecule has 0 fully saturated rings. The maximum Gasteiger partial charge on any atom is 0.144 e. The van der Waals surface area contributed by atoms with Crippen molar-refractivity contribution >= 4 is 48.8 Å². The molecule has 0 aliphatic carbocycles. The average Bonchev–Trinajstić information content (AvgIpc) is 2.99. The van der Waals surface area contributed by atoms with Crippen LogP contribution in [0.2, 0.25) is 0 Å². The number of hydrogen-bond acceptors (Lipinski definition) is 2. The first-order valence-electron chi connectivity index (χ1n) is 8.18. The fourth-order valence-corrected chi connectivity index (χ4v) is 3.98. The van der Waals surface area contributed by atoms with E-state index in [1.165, 1.54) is 5.56 Å². The van der Waals surface area contributed by atoms with Crippen molar-refractivity contribution in [2.45, 2.75) is 6.92 Å². The Morgan fingerprint density at radius 3 is 2.48 bits per heavy atom. The smallest absolute Gasteiger partial charge is 0.144 e. The molecule has 0 bridgehead atoms. The molecule has 0 aliphatic rings. The molecule has 0 spiro atoms. The highest BCUT2D eigenvalue weighted by Gasteiger charge is 2.15. The fraction of sp³-hybridized carbons (Fsp3) is 0.0455. The Bertz CT molecular complexity index is 1270. The highest BCUT2D eigenvalue weighted by Crippen LogP contribution is 2.37. The summed E-state index contributed by atoms with van der Waals surface area (Å²) >= 11 is 3.69. The van der Waals surface area contributed by atoms with E-state index < -0.39 is 0 Å². The first-order chi connectivity index (χ1) is 12.2. The van der Waals surface area contributed by atoms with Crippen LogP contribution in [0, 0.1) is 6.92 Å². The van der Waals surface area contributed by atoms with Crippen molar-refractivity contribution in [2.24, 2.45) is 0 Å². The van der Waals surface area contributed by atoms with Gasteiger partial charge in [0.25, 0.3) is 0 Å². The van der Waals surface area contributed by atoms with Gasteiger partial charge in [-0.15, -0.1) is 0 Å². The van der Waals surface area contributed by atoms with E-state index in [-0.39, 0.29) is 0 Å². The molecule has 0 saturated carbocycles. The van der Waals surface area contributed by atoms with Gasteiger partial charge in [-0.3, -0.25) is 0 Å². The zero-order valence-corrected chi connectivity index (χ0v) is 15.2. The number of fused-ring (bicyclic) bond motifs is 4. The third-order valence-electron chi connectivity index (χ3n) is 4.56. The second kappa shape index (κ2) is 5.43. The lowest BCUT2D eigenvalue weighted by Gasteiger charge is -2.07. The largest absolute Gasteiger partial charge is 0.455 e. The molecule has 2 aromatic heterocycles. The lowest BCUT2D eigenvalue weighted by atomic mass is 10.0. The van der Waals surface area contributed by atoms with E-state index in [4.69, 9.17) is 9.40 Å². The van der Waals surface area contributed by atoms with Gasteiger partial charge in [0.2, 0.25) is 0 Å². The van der Waals surface area contributed by atoms with E-state index in [2.05, 4.69) is 53.2 Å². The quantitative estimate of drug-likeness (QED) is 0.313. The average molecular weight is 388 g/mol. The minimum atomic E-state index is 0.890. The lowest BCUT2D eigenvalue weighted by molar-refractivity contribution is 0.669. The van der Waals surface area contributed by atoms with Gasteiger partial charge in [-0.25, -0.2) is 4.98 Å². The molecular weight excluding hydrogens is 374 g/mol. The summed E-state index contributed by atoms with van der Waals surface area (Å²) in [6.07, 6.45) is 0. The Morgan fingerprint density at radius 2 is 1.60 bits per heavy atom. The molecule has 0 unspecified atom stereocenters. The summed E-state index contributed by atoms with van der Waals surface area (Å²) in [5.74, 6) is 0. The van der Waals surface area contributed by atoms with E-state index in [9.17, 15) is 0 Å². The molecule has 0 N–H and O–H groups in total. The number of pyridine rings is 1. The monoisotopic (exact) mass is 387 g/mol. The first-order valence-corrected chi connectivity index (χ1v) is 8.97. The minimum Gasteiger partial charge on any atom is -0.455 e. The number of para-hydroxylation sites is 2. The van der Waals surface area contributed by atoms with Crippen molar-refractivity contribution in [1.82, 2.24) is 4.98 Å². The molecule has 120 valence electrons. The summed E-state index contributed by atoms with van der Waals surface area (Å²) in [7, 11) is 0. The number of benzene rings is 3. The Hall–Kier alpha value is -2.65. The van der Waals surface area contributed by atoms with Gasteiger partial charge in [0.05, 0.1) is 11.2 Å². The second-order valence-electron chi connectivity index (χ2n) is 6.29. The highest BCUT2D eigenvalue weighted by atomic mass is 79.9. The molecule has 0 saturated heterocycles. The van der Waals surface area contributed by atoms with E-state index >= 15 is 0 Å². The van der Waals surface area contributed by atoms with Crippen LogP contribution in [0.3, 0.4) is 0 Å². The predicted molar refractivity (Wildman–Crippen MR) is 107 cm³/mol. The topological polar surface area (TPSA) is 26.0 Å². The number of hydrogen-bond donors (Lipinski definition) is 0. The number of rotatable bonds is 1. The van der Waals surface area contributed by atoms with Gasteiger partial charge in [0.15, 0.2) is 0 Å². The van der Waals surface area contributed by atoms with E-state index in [0.717, 1.165) is 48.6 Å². The van der Waals surface area contributed by atoms with Gasteiger partial charge >= 0.3 is 0 Å². The Labute approximate surface area is 153 Å². The summed E-state index contributed by atoms with van der Waals surface area (Å²) < 4.78 is 7.23. The molecule has 0 radical (unpaired) electrons. The number of aromatic nitrogens is 1. The summed E-state index contributed by atoms with van der Waals surface area (Å²) in [6, 6.07) is 22.7. The molecule has 2 nitrogen and oxygen atoms in total. The standard InChI is InChI=1S/C22H14BrNO/c1-13-10-16-14-6-3-5-9-21(14)25-22(16)17(11-13)20-12-18(23)15-7-2-4-8-19(15)24-20/h2-12H,1H3. The fourth-order valence-electron chi connectivity index (χ4n) is 3.43. The molecule has 0 aliphatic heterocycles. The first kappa shape index (κ1) is 14.7. The minimum absolute atomic E-state index is 0.890. The van der Waals surface area contributed by atoms with Crippen LogP contribution in [0.5, 0.6) is 0 Å². The van der Waals surface area contributed by atoms with Crippen LogP contribution in [-0.2, 0) is 0 Å². The molecule has 3 heteroatoms. The number of nitrogens with zero attached hydrogens (tertiary/aromatic N) is 1. The summed E-state index contributed by atoms with van der Waals surface area (Å²) in [5.41, 5.74) is 5.90. The lowest BCUT2D eigenvalue weighted by Crippen LogP contribution is -1.88. The van der Waals surface area contributed by atoms with E-state index in [0.29, 0.717) is 0 Å². The molecule has 3 aromatic carbocycles. The van der Waals surface area contributed by atoms with Crippen LogP contribution in [0.25, 0.3) is 44.1 Å². The molecular formula is C22H14BrNO. The van der Waals surface area contributed by atoms with Crippen molar-refractivity contribution in [3.8, 4) is 11.3 Å². The van der Waals surface area contributed by atoms with Crippen LogP contribution in [0.1, 0.15) is 5.56 Å². The highest BCUT2D eigenvalue weighted by molar-refractivity contribution is 9.10. The Balaban J connectivity index is 1.89. The van der Waals surface area contributed by atoms with Crippen LogP contribution >= 0.6 is 15.9 Å². The predicted octanol–water partition coefficient (Wildman–Crippen LogP) is 6.87. The van der Waals surface area contributed by atoms with Crippen molar-refractivity contribution in [3.05, 3.63) is 76.8 Å². The number of halogens is 1. The van der Waals surface area contributed by atoms with E-state index in [1.54, 1.807) is 0 Å². The van der Waals surface area contributed by atoms with Crippen molar-refractivity contribution in [1.29, 1.82) is 0 Å². The van der Waals surface area contributed by atoms with Gasteiger partial charge < -0.3 is 4.42 Å². The van der Waals surface area contributed by atoms with Crippen molar-refractivity contribution in [3.63, 3.8) is 0 Å². The Kier molecular flexibility index (Phi) is 3.19. The third kappa shape index (κ3) is 2.27. The van der Waals surface area contributed by atoms with Crippen LogP contribution in [-0.4, -0.2) is 4.98 Å². The number of aryl methyl sites for hydroxylation is 1. The zero-order valence-electron chi connectivity index (χ0n) is 13.6. The van der Waals surface area contributed by atoms with Crippen molar-refractivity contribution in [2.75, 3.05) is 0 Å². The van der Waals surface area contributed by atoms with Crippen molar-refractivity contribution < 1.29 is 4.42 Å². The molecule has 0 amide bonds. The van der Waals surface area contributed by atoms with Gasteiger partial charge in [0, 0.05) is 26.2 Å². The molecule has 5 aromatic rings. The van der Waals surface area contributed by atoms with Gasteiger partial charge in [-0.05, 0) is 42.8 Å². The van der Waals surface area contributed by atoms with Crippen LogP contribution in [0.4, 0.5) is 0 Å². The SMILES string of the molecule is Cc1cc(-c2cc(Br)c3ccccc3n2)c2oc3ccccc3c2c1. The number of furan rings is 1. The van der Waals surface area contributed by atoms with Crippen LogP contribution < -0.4 is 0 Å². The van der Waals surface area contributed by atoms with Gasteiger partial charge in [-0.2, -0.15) is 0 Å². The van der Waals surface area contributed by atoms with Crippen LogP contribution in [0.15, 0.2) is 75.6 Å². The molecule has 2 heterocycles. The van der Waals surface area contributed by atoms with Gasteiger partial charge in [0.1, 0.15) is 11.2 Å². The van der Waals surface area contributed by atoms with E-state index in [1.807, 2.05) is 36.4 Å². The Morgan fingerprint density at radius 1 is 0.840 bits per heavy atom. The molecule has 25 heavy (non-hydrogen) atoms. The summed E-state index contributed by atoms with van der Waals surface area (Å²) in [4.78, 5) is 4.88. The summed E-state index contributed by atoms with van der Waals surface area (Å²) in [5, 5.41) is 3.39. The maximum absolute atomic E-state index is 6.19. The third-order valence-corrected chi connectivity index (χ3v) is 5.22. The molecule has 0 atom stereocenters. The normalized spacial score (nSPS) is 11.6. The maximum atomic E-state index is 6.19. The summed E-state index contributed by atoms with van der Waals surface area (Å²) in [6.45, 7) is 2.11.